The minimum Gasteiger partial charge on any atom is -0.343 e. The standard InChI is InChI=1S/C18H22N6/c1-12-15(13(2)23-22-12)10-24-11-21-16(14-6-4-3-5-7-14)17(24)18-19-8-9-20-18/h3-9,11-13,15,22-23H,10H2,1-2H3,(H,19,20). The fourth-order valence-electron chi connectivity index (χ4n) is 3.42. The van der Waals surface area contributed by atoms with Crippen molar-refractivity contribution in [2.75, 3.05) is 0 Å². The number of benzene rings is 1. The van der Waals surface area contributed by atoms with Gasteiger partial charge in [0, 0.05) is 42.5 Å². The Bertz CT molecular complexity index is 782. The van der Waals surface area contributed by atoms with Crippen LogP contribution in [0.1, 0.15) is 13.8 Å². The second kappa shape index (κ2) is 6.22. The van der Waals surface area contributed by atoms with Gasteiger partial charge >= 0.3 is 0 Å². The predicted molar refractivity (Wildman–Crippen MR) is 93.9 cm³/mol. The third kappa shape index (κ3) is 2.64. The van der Waals surface area contributed by atoms with E-state index >= 15 is 0 Å². The van der Waals surface area contributed by atoms with Crippen LogP contribution in [0, 0.1) is 5.92 Å². The average molecular weight is 322 g/mol. The maximum atomic E-state index is 4.70. The van der Waals surface area contributed by atoms with Gasteiger partial charge in [0.2, 0.25) is 0 Å². The van der Waals surface area contributed by atoms with Gasteiger partial charge in [-0.1, -0.05) is 30.3 Å². The van der Waals surface area contributed by atoms with Crippen LogP contribution in [-0.4, -0.2) is 31.6 Å². The molecule has 3 aromatic rings. The van der Waals surface area contributed by atoms with Crippen LogP contribution in [0.4, 0.5) is 0 Å². The predicted octanol–water partition coefficient (Wildman–Crippen LogP) is 2.44. The molecule has 0 spiro atoms. The zero-order valence-electron chi connectivity index (χ0n) is 13.9. The van der Waals surface area contributed by atoms with Crippen LogP contribution in [0.15, 0.2) is 49.1 Å². The summed E-state index contributed by atoms with van der Waals surface area (Å²) in [5.41, 5.74) is 9.76. The summed E-state index contributed by atoms with van der Waals surface area (Å²) in [6.45, 7) is 5.31. The third-order valence-electron chi connectivity index (χ3n) is 4.84. The molecule has 1 saturated heterocycles. The second-order valence-corrected chi connectivity index (χ2v) is 6.43. The minimum absolute atomic E-state index is 0.409. The Labute approximate surface area is 141 Å². The molecule has 1 fully saturated rings. The quantitative estimate of drug-likeness (QED) is 0.690. The first-order chi connectivity index (χ1) is 11.7. The van der Waals surface area contributed by atoms with Gasteiger partial charge in [0.15, 0.2) is 5.82 Å². The van der Waals surface area contributed by atoms with E-state index in [2.05, 4.69) is 51.4 Å². The van der Waals surface area contributed by atoms with Crippen LogP contribution in [0.25, 0.3) is 22.8 Å². The summed E-state index contributed by atoms with van der Waals surface area (Å²) in [6.07, 6.45) is 5.56. The third-order valence-corrected chi connectivity index (χ3v) is 4.84. The number of aromatic amines is 1. The van der Waals surface area contributed by atoms with Crippen molar-refractivity contribution < 1.29 is 0 Å². The molecule has 6 nitrogen and oxygen atoms in total. The van der Waals surface area contributed by atoms with E-state index < -0.39 is 0 Å². The fraction of sp³-hybridized carbons (Fsp3) is 0.333. The molecule has 2 aromatic heterocycles. The van der Waals surface area contributed by atoms with E-state index in [0.717, 1.165) is 29.3 Å². The molecule has 0 radical (unpaired) electrons. The van der Waals surface area contributed by atoms with Crippen molar-refractivity contribution >= 4 is 0 Å². The van der Waals surface area contributed by atoms with Crippen LogP contribution in [0.3, 0.4) is 0 Å². The molecule has 2 unspecified atom stereocenters. The first-order valence-corrected chi connectivity index (χ1v) is 8.35. The van der Waals surface area contributed by atoms with Crippen molar-refractivity contribution in [3.63, 3.8) is 0 Å². The molecule has 3 heterocycles. The highest BCUT2D eigenvalue weighted by Gasteiger charge is 2.31. The van der Waals surface area contributed by atoms with Crippen molar-refractivity contribution in [1.29, 1.82) is 0 Å². The largest absolute Gasteiger partial charge is 0.343 e. The molecule has 124 valence electrons. The van der Waals surface area contributed by atoms with Gasteiger partial charge in [0.25, 0.3) is 0 Å². The monoisotopic (exact) mass is 322 g/mol. The highest BCUT2D eigenvalue weighted by atomic mass is 15.4. The molecule has 1 aliphatic heterocycles. The Hall–Kier alpha value is -2.44. The lowest BCUT2D eigenvalue weighted by Crippen LogP contribution is -2.30. The van der Waals surface area contributed by atoms with Crippen LogP contribution in [-0.2, 0) is 6.54 Å². The van der Waals surface area contributed by atoms with Gasteiger partial charge in [-0.25, -0.2) is 9.97 Å². The molecule has 24 heavy (non-hydrogen) atoms. The number of rotatable bonds is 4. The molecule has 3 N–H and O–H groups in total. The van der Waals surface area contributed by atoms with E-state index in [4.69, 9.17) is 4.98 Å². The maximum absolute atomic E-state index is 4.70. The Morgan fingerprint density at radius 1 is 1.04 bits per heavy atom. The van der Waals surface area contributed by atoms with Crippen LogP contribution < -0.4 is 10.9 Å². The highest BCUT2D eigenvalue weighted by Crippen LogP contribution is 2.30. The number of hydrogen-bond acceptors (Lipinski definition) is 4. The lowest BCUT2D eigenvalue weighted by molar-refractivity contribution is 0.384. The molecular weight excluding hydrogens is 300 g/mol. The van der Waals surface area contributed by atoms with E-state index in [1.54, 1.807) is 6.20 Å². The van der Waals surface area contributed by atoms with Gasteiger partial charge in [0.05, 0.1) is 12.0 Å². The number of hydrogen-bond donors (Lipinski definition) is 3. The van der Waals surface area contributed by atoms with Gasteiger partial charge in [0.1, 0.15) is 5.69 Å². The number of hydrazine groups is 1. The van der Waals surface area contributed by atoms with E-state index in [0.29, 0.717) is 18.0 Å². The number of imidazole rings is 2. The van der Waals surface area contributed by atoms with Crippen molar-refractivity contribution in [2.45, 2.75) is 32.5 Å². The van der Waals surface area contributed by atoms with Crippen molar-refractivity contribution in [3.8, 4) is 22.8 Å². The fourth-order valence-corrected chi connectivity index (χ4v) is 3.42. The Balaban J connectivity index is 1.76. The number of aromatic nitrogens is 4. The summed E-state index contributed by atoms with van der Waals surface area (Å²) in [6, 6.07) is 11.1. The molecule has 2 atom stereocenters. The van der Waals surface area contributed by atoms with Gasteiger partial charge in [-0.05, 0) is 13.8 Å². The Kier molecular flexibility index (Phi) is 3.92. The van der Waals surface area contributed by atoms with Gasteiger partial charge in [-0.2, -0.15) is 0 Å². The van der Waals surface area contributed by atoms with E-state index in [-0.39, 0.29) is 0 Å². The molecule has 1 aliphatic rings. The number of nitrogens with zero attached hydrogens (tertiary/aromatic N) is 3. The highest BCUT2D eigenvalue weighted by molar-refractivity contribution is 5.75. The Morgan fingerprint density at radius 3 is 2.46 bits per heavy atom. The number of nitrogens with one attached hydrogen (secondary N) is 3. The second-order valence-electron chi connectivity index (χ2n) is 6.43. The SMILES string of the molecule is CC1NNC(C)C1Cn1cnc(-c2ccccc2)c1-c1ncc[nH]1. The molecule has 4 rings (SSSR count). The Morgan fingerprint density at radius 2 is 1.79 bits per heavy atom. The normalized spacial score (nSPS) is 23.7. The van der Waals surface area contributed by atoms with Crippen LogP contribution >= 0.6 is 0 Å². The molecule has 0 saturated carbocycles. The van der Waals surface area contributed by atoms with E-state index in [9.17, 15) is 0 Å². The zero-order valence-corrected chi connectivity index (χ0v) is 13.9. The molecule has 0 amide bonds. The van der Waals surface area contributed by atoms with E-state index in [1.807, 2.05) is 30.7 Å². The summed E-state index contributed by atoms with van der Waals surface area (Å²) < 4.78 is 2.22. The van der Waals surface area contributed by atoms with Crippen LogP contribution in [0.2, 0.25) is 0 Å². The van der Waals surface area contributed by atoms with Crippen LogP contribution in [0.5, 0.6) is 0 Å². The lowest BCUT2D eigenvalue weighted by Gasteiger charge is -2.19. The first kappa shape index (κ1) is 15.1. The average Bonchev–Trinajstić information content (AvgIpc) is 3.32. The van der Waals surface area contributed by atoms with Crippen molar-refractivity contribution in [1.82, 2.24) is 30.4 Å². The zero-order chi connectivity index (χ0) is 16.5. The van der Waals surface area contributed by atoms with Crippen molar-refractivity contribution in [3.05, 3.63) is 49.1 Å². The molecular formula is C18H22N6. The molecule has 6 heteroatoms. The lowest BCUT2D eigenvalue weighted by atomic mass is 9.96. The van der Waals surface area contributed by atoms with E-state index in [1.165, 1.54) is 0 Å². The summed E-state index contributed by atoms with van der Waals surface area (Å²) in [4.78, 5) is 12.4. The molecule has 0 bridgehead atoms. The summed E-state index contributed by atoms with van der Waals surface area (Å²) in [7, 11) is 0. The molecule has 1 aromatic carbocycles. The first-order valence-electron chi connectivity index (χ1n) is 8.35. The number of H-pyrrole nitrogens is 1. The van der Waals surface area contributed by atoms with Crippen molar-refractivity contribution in [2.24, 2.45) is 5.92 Å². The summed E-state index contributed by atoms with van der Waals surface area (Å²) in [5, 5.41) is 0. The summed E-state index contributed by atoms with van der Waals surface area (Å²) >= 11 is 0. The molecule has 0 aliphatic carbocycles. The van der Waals surface area contributed by atoms with Gasteiger partial charge in [-0.15, -0.1) is 0 Å². The topological polar surface area (TPSA) is 70.6 Å². The van der Waals surface area contributed by atoms with Gasteiger partial charge < -0.3 is 9.55 Å². The smallest absolute Gasteiger partial charge is 0.156 e. The maximum Gasteiger partial charge on any atom is 0.156 e. The summed E-state index contributed by atoms with van der Waals surface area (Å²) in [5.74, 6) is 1.34. The minimum atomic E-state index is 0.409. The van der Waals surface area contributed by atoms with Gasteiger partial charge in [-0.3, -0.25) is 10.9 Å².